The second-order valence-electron chi connectivity index (χ2n) is 6.42. The summed E-state index contributed by atoms with van der Waals surface area (Å²) in [5.74, 6) is 2.15. The minimum atomic E-state index is -0.214. The number of amides is 1. The van der Waals surface area contributed by atoms with E-state index in [1.807, 2.05) is 28.9 Å². The predicted octanol–water partition coefficient (Wildman–Crippen LogP) is 2.81. The van der Waals surface area contributed by atoms with Crippen molar-refractivity contribution >= 4 is 11.7 Å². The number of nitrogens with zero attached hydrogens (tertiary/aromatic N) is 2. The van der Waals surface area contributed by atoms with Crippen LogP contribution in [0.5, 0.6) is 11.5 Å². The maximum absolute atomic E-state index is 12.6. The number of nitrogens with one attached hydrogen (secondary N) is 1. The molecule has 1 unspecified atom stereocenters. The number of anilines is 1. The van der Waals surface area contributed by atoms with E-state index in [9.17, 15) is 4.79 Å². The number of methoxy groups -OCH3 is 1. The number of benzene rings is 1. The second kappa shape index (κ2) is 6.19. The Morgan fingerprint density at radius 3 is 3.00 bits per heavy atom. The van der Waals surface area contributed by atoms with Gasteiger partial charge in [0.2, 0.25) is 5.91 Å². The quantitative estimate of drug-likeness (QED) is 0.938. The average molecular weight is 327 g/mol. The normalized spacial score (nSPS) is 19.8. The Labute approximate surface area is 140 Å². The van der Waals surface area contributed by atoms with Crippen molar-refractivity contribution in [3.05, 3.63) is 36.0 Å². The van der Waals surface area contributed by atoms with Crippen LogP contribution in [-0.4, -0.2) is 29.4 Å². The summed E-state index contributed by atoms with van der Waals surface area (Å²) in [4.78, 5) is 12.6. The van der Waals surface area contributed by atoms with Crippen molar-refractivity contribution in [1.29, 1.82) is 0 Å². The van der Waals surface area contributed by atoms with Gasteiger partial charge in [0.1, 0.15) is 23.9 Å². The summed E-state index contributed by atoms with van der Waals surface area (Å²) in [5, 5.41) is 7.37. The molecule has 0 spiro atoms. The van der Waals surface area contributed by atoms with Crippen molar-refractivity contribution in [3.63, 3.8) is 0 Å². The first-order valence-electron chi connectivity index (χ1n) is 8.38. The van der Waals surface area contributed by atoms with Crippen molar-refractivity contribution < 1.29 is 14.3 Å². The molecule has 1 fully saturated rings. The van der Waals surface area contributed by atoms with Crippen LogP contribution in [0, 0.1) is 5.92 Å². The molecule has 0 bridgehead atoms. The number of carbonyl (C=O) groups excluding carboxylic acids is 1. The van der Waals surface area contributed by atoms with Crippen molar-refractivity contribution in [1.82, 2.24) is 9.78 Å². The molecule has 1 aliphatic heterocycles. The smallest absolute Gasteiger partial charge is 0.232 e. The lowest BCUT2D eigenvalue weighted by Gasteiger charge is -2.28. The van der Waals surface area contributed by atoms with Gasteiger partial charge in [-0.05, 0) is 49.4 Å². The zero-order valence-corrected chi connectivity index (χ0v) is 13.7. The number of rotatable bonds is 4. The first-order chi connectivity index (χ1) is 11.7. The Hall–Kier alpha value is -2.50. The lowest BCUT2D eigenvalue weighted by Crippen LogP contribution is -2.33. The van der Waals surface area contributed by atoms with Gasteiger partial charge in [-0.3, -0.25) is 4.79 Å². The number of hydrogen-bond acceptors (Lipinski definition) is 4. The zero-order valence-electron chi connectivity index (χ0n) is 13.7. The first kappa shape index (κ1) is 15.1. The fraction of sp³-hybridized carbons (Fsp3) is 0.444. The standard InChI is InChI=1S/C18H21N3O3/c1-23-15-5-6-16-12(10-15)9-13(11-24-16)18(22)20-17-7-8-19-21(17)14-3-2-4-14/h5-8,10,13-14H,2-4,9,11H2,1H3,(H,20,22). The highest BCUT2D eigenvalue weighted by atomic mass is 16.5. The molecule has 1 N–H and O–H groups in total. The minimum absolute atomic E-state index is 0.0236. The number of ether oxygens (including phenoxy) is 2. The Morgan fingerprint density at radius 2 is 2.25 bits per heavy atom. The Balaban J connectivity index is 1.46. The summed E-state index contributed by atoms with van der Waals surface area (Å²) in [7, 11) is 1.64. The zero-order chi connectivity index (χ0) is 16.5. The van der Waals surface area contributed by atoms with Gasteiger partial charge in [0.05, 0.1) is 25.3 Å². The molecule has 1 aromatic carbocycles. The van der Waals surface area contributed by atoms with Gasteiger partial charge in [0.25, 0.3) is 0 Å². The molecule has 24 heavy (non-hydrogen) atoms. The van der Waals surface area contributed by atoms with Gasteiger partial charge in [-0.15, -0.1) is 0 Å². The van der Waals surface area contributed by atoms with Crippen LogP contribution in [0.3, 0.4) is 0 Å². The third-order valence-electron chi connectivity index (χ3n) is 4.89. The van der Waals surface area contributed by atoms with Crippen LogP contribution in [0.25, 0.3) is 0 Å². The summed E-state index contributed by atoms with van der Waals surface area (Å²) in [5.41, 5.74) is 1.01. The van der Waals surface area contributed by atoms with E-state index in [-0.39, 0.29) is 11.8 Å². The van der Waals surface area contributed by atoms with E-state index >= 15 is 0 Å². The summed E-state index contributed by atoms with van der Waals surface area (Å²) in [6.07, 6.45) is 5.88. The molecule has 126 valence electrons. The van der Waals surface area contributed by atoms with Crippen molar-refractivity contribution in [3.8, 4) is 11.5 Å². The van der Waals surface area contributed by atoms with Crippen LogP contribution in [0.15, 0.2) is 30.5 Å². The van der Waals surface area contributed by atoms with E-state index < -0.39 is 0 Å². The van der Waals surface area contributed by atoms with E-state index in [0.717, 1.165) is 35.7 Å². The molecule has 6 heteroatoms. The molecule has 2 heterocycles. The topological polar surface area (TPSA) is 65.4 Å². The Bertz CT molecular complexity index is 752. The lowest BCUT2D eigenvalue weighted by molar-refractivity contribution is -0.121. The van der Waals surface area contributed by atoms with Gasteiger partial charge in [-0.25, -0.2) is 4.68 Å². The molecule has 0 saturated heterocycles. The Kier molecular flexibility index (Phi) is 3.88. The molecular weight excluding hydrogens is 306 g/mol. The number of carbonyl (C=O) groups is 1. The fourth-order valence-electron chi connectivity index (χ4n) is 3.23. The Morgan fingerprint density at radius 1 is 1.38 bits per heavy atom. The number of hydrogen-bond donors (Lipinski definition) is 1. The fourth-order valence-corrected chi connectivity index (χ4v) is 3.23. The SMILES string of the molecule is COc1ccc2c(c1)CC(C(=O)Nc1ccnn1C1CCC1)CO2. The van der Waals surface area contributed by atoms with Crippen molar-refractivity contribution in [2.75, 3.05) is 19.0 Å². The molecule has 4 rings (SSSR count). The maximum atomic E-state index is 12.6. The third-order valence-corrected chi connectivity index (χ3v) is 4.89. The molecule has 1 atom stereocenters. The van der Waals surface area contributed by atoms with Crippen LogP contribution in [0.1, 0.15) is 30.9 Å². The van der Waals surface area contributed by atoms with Crippen LogP contribution in [0.4, 0.5) is 5.82 Å². The van der Waals surface area contributed by atoms with Gasteiger partial charge < -0.3 is 14.8 Å². The molecule has 2 aliphatic rings. The molecule has 1 saturated carbocycles. The minimum Gasteiger partial charge on any atom is -0.497 e. The largest absolute Gasteiger partial charge is 0.497 e. The molecule has 0 radical (unpaired) electrons. The maximum Gasteiger partial charge on any atom is 0.232 e. The van der Waals surface area contributed by atoms with Gasteiger partial charge in [0, 0.05) is 6.07 Å². The monoisotopic (exact) mass is 327 g/mol. The van der Waals surface area contributed by atoms with Crippen LogP contribution in [-0.2, 0) is 11.2 Å². The third kappa shape index (κ3) is 2.72. The van der Waals surface area contributed by atoms with Gasteiger partial charge in [-0.2, -0.15) is 5.10 Å². The van der Waals surface area contributed by atoms with Gasteiger partial charge in [0.15, 0.2) is 0 Å². The molecule has 1 aliphatic carbocycles. The van der Waals surface area contributed by atoms with Crippen LogP contribution < -0.4 is 14.8 Å². The summed E-state index contributed by atoms with van der Waals surface area (Å²) in [6.45, 7) is 0.392. The second-order valence-corrected chi connectivity index (χ2v) is 6.42. The van der Waals surface area contributed by atoms with Gasteiger partial charge in [-0.1, -0.05) is 0 Å². The highest BCUT2D eigenvalue weighted by Gasteiger charge is 2.28. The van der Waals surface area contributed by atoms with E-state index in [2.05, 4.69) is 10.4 Å². The number of fused-ring (bicyclic) bond motifs is 1. The molecule has 1 amide bonds. The highest BCUT2D eigenvalue weighted by Crippen LogP contribution is 2.34. The van der Waals surface area contributed by atoms with Crippen molar-refractivity contribution in [2.24, 2.45) is 5.92 Å². The van der Waals surface area contributed by atoms with E-state index in [1.54, 1.807) is 13.3 Å². The summed E-state index contributed by atoms with van der Waals surface area (Å²) < 4.78 is 12.9. The summed E-state index contributed by atoms with van der Waals surface area (Å²) >= 11 is 0. The molecule has 6 nitrogen and oxygen atoms in total. The van der Waals surface area contributed by atoms with E-state index in [1.165, 1.54) is 6.42 Å². The van der Waals surface area contributed by atoms with E-state index in [0.29, 0.717) is 19.1 Å². The first-order valence-corrected chi connectivity index (χ1v) is 8.38. The van der Waals surface area contributed by atoms with Gasteiger partial charge >= 0.3 is 0 Å². The van der Waals surface area contributed by atoms with Crippen LogP contribution in [0.2, 0.25) is 0 Å². The summed E-state index contributed by atoms with van der Waals surface area (Å²) in [6, 6.07) is 7.98. The molecule has 1 aromatic heterocycles. The highest BCUT2D eigenvalue weighted by molar-refractivity contribution is 5.92. The van der Waals surface area contributed by atoms with Crippen molar-refractivity contribution in [2.45, 2.75) is 31.7 Å². The van der Waals surface area contributed by atoms with E-state index in [4.69, 9.17) is 9.47 Å². The average Bonchev–Trinajstić information content (AvgIpc) is 2.99. The number of aromatic nitrogens is 2. The molecular formula is C18H21N3O3. The molecule has 2 aromatic rings. The van der Waals surface area contributed by atoms with Crippen LogP contribution >= 0.6 is 0 Å². The predicted molar refractivity (Wildman–Crippen MR) is 89.4 cm³/mol. The lowest BCUT2D eigenvalue weighted by atomic mass is 9.93.